The number of aliphatic hydroxyl groups excluding tert-OH is 1. The predicted molar refractivity (Wildman–Crippen MR) is 152 cm³/mol. The van der Waals surface area contributed by atoms with Crippen molar-refractivity contribution in [1.29, 1.82) is 0 Å². The van der Waals surface area contributed by atoms with E-state index in [1.54, 1.807) is 28.9 Å². The number of hydrogen-bond acceptors (Lipinski definition) is 7. The van der Waals surface area contributed by atoms with Crippen LogP contribution in [0.25, 0.3) is 0 Å². The Hall–Kier alpha value is -2.23. The number of guanidine groups is 1. The van der Waals surface area contributed by atoms with Crippen LogP contribution in [0.3, 0.4) is 0 Å². The van der Waals surface area contributed by atoms with E-state index in [2.05, 4.69) is 44.6 Å². The number of nitrogens with one attached hydrogen (secondary N) is 2. The second kappa shape index (κ2) is 17.2. The lowest BCUT2D eigenvalue weighted by Crippen LogP contribution is -2.38. The van der Waals surface area contributed by atoms with Gasteiger partial charge in [-0.1, -0.05) is 68.7 Å². The van der Waals surface area contributed by atoms with E-state index < -0.39 is 6.10 Å². The van der Waals surface area contributed by atoms with E-state index in [0.29, 0.717) is 24.0 Å². The summed E-state index contributed by atoms with van der Waals surface area (Å²) in [5.74, 6) is 1.89. The molecule has 1 heterocycles. The molecule has 3 N–H and O–H groups in total. The van der Waals surface area contributed by atoms with Gasteiger partial charge in [0.25, 0.3) is 0 Å². The molecule has 34 heavy (non-hydrogen) atoms. The van der Waals surface area contributed by atoms with Crippen molar-refractivity contribution in [2.24, 2.45) is 4.99 Å². The molecule has 1 unspecified atom stereocenters. The monoisotopic (exact) mass is 504 g/mol. The Morgan fingerprint density at radius 1 is 1.32 bits per heavy atom. The molecule has 188 valence electrons. The number of aromatic nitrogens is 2. The molecule has 1 aliphatic rings. The van der Waals surface area contributed by atoms with Crippen molar-refractivity contribution in [2.75, 3.05) is 22.9 Å². The van der Waals surface area contributed by atoms with Crippen LogP contribution in [-0.4, -0.2) is 40.4 Å². The fraction of sp³-hybridized carbons (Fsp3) is 0.480. The Labute approximate surface area is 213 Å². The molecule has 1 aliphatic carbocycles. The van der Waals surface area contributed by atoms with E-state index in [9.17, 15) is 5.11 Å². The van der Waals surface area contributed by atoms with E-state index >= 15 is 0 Å². The third kappa shape index (κ3) is 10.8. The minimum absolute atomic E-state index is 0.483. The molecule has 1 aromatic heterocycles. The van der Waals surface area contributed by atoms with Crippen LogP contribution in [0.5, 0.6) is 0 Å². The Kier molecular flexibility index (Phi) is 15.1. The van der Waals surface area contributed by atoms with Crippen molar-refractivity contribution in [1.82, 2.24) is 15.3 Å². The molecular formula is C25H40N6OS2. The van der Waals surface area contributed by atoms with Crippen LogP contribution in [0.2, 0.25) is 0 Å². The topological polar surface area (TPSA) is 85.7 Å². The molecule has 9 heteroatoms. The van der Waals surface area contributed by atoms with Crippen molar-refractivity contribution < 1.29 is 5.11 Å². The van der Waals surface area contributed by atoms with E-state index in [-0.39, 0.29) is 0 Å². The van der Waals surface area contributed by atoms with Crippen molar-refractivity contribution in [3.05, 3.63) is 60.2 Å². The zero-order valence-electron chi connectivity index (χ0n) is 21.3. The summed E-state index contributed by atoms with van der Waals surface area (Å²) in [6, 6.07) is 1.83. The summed E-state index contributed by atoms with van der Waals surface area (Å²) in [4.78, 5) is 14.8. The fourth-order valence-electron chi connectivity index (χ4n) is 2.74. The smallest absolute Gasteiger partial charge is 0.208 e. The molecule has 0 aliphatic heterocycles. The largest absolute Gasteiger partial charge is 0.388 e. The molecule has 0 bridgehead atoms. The van der Waals surface area contributed by atoms with Gasteiger partial charge in [0.2, 0.25) is 5.96 Å². The molecule has 2 rings (SSSR count). The number of aliphatic imine (C=N–C) groups is 1. The van der Waals surface area contributed by atoms with Gasteiger partial charge in [-0.15, -0.1) is 0 Å². The van der Waals surface area contributed by atoms with Crippen molar-refractivity contribution in [3.8, 4) is 0 Å². The lowest BCUT2D eigenvalue weighted by atomic mass is 10.0. The zero-order chi connectivity index (χ0) is 25.3. The van der Waals surface area contributed by atoms with E-state index in [1.165, 1.54) is 36.6 Å². The molecule has 1 fully saturated rings. The maximum atomic E-state index is 10.3. The minimum atomic E-state index is -0.483. The van der Waals surface area contributed by atoms with Crippen LogP contribution in [-0.2, 0) is 0 Å². The van der Waals surface area contributed by atoms with Crippen LogP contribution < -0.4 is 14.9 Å². The highest BCUT2D eigenvalue weighted by atomic mass is 33.1. The number of anilines is 2. The van der Waals surface area contributed by atoms with Gasteiger partial charge in [0, 0.05) is 36.0 Å². The van der Waals surface area contributed by atoms with Crippen molar-refractivity contribution in [2.45, 2.75) is 65.9 Å². The van der Waals surface area contributed by atoms with Crippen LogP contribution in [0.1, 0.15) is 59.8 Å². The van der Waals surface area contributed by atoms with Crippen LogP contribution in [0.15, 0.2) is 65.2 Å². The van der Waals surface area contributed by atoms with Crippen LogP contribution in [0.4, 0.5) is 11.6 Å². The standard InChI is InChI=1S/C22H34N6OS2.C3H6/c1-8-12-17(19(29)10-3)13-16(5)18(9-2)26-22(23-6)28(11-4)21-14-20(24-15-25-21)27-31-30-7;1-2-3-1/h9,11-15,19,29H,4,8,10H2,1-3,5-7H3,(H,23,26)(H,24,25,27);1-3H2/b16-13-,17-12+,18-9+;. The number of aliphatic hydroxyl groups is 1. The van der Waals surface area contributed by atoms with Gasteiger partial charge in [0.1, 0.15) is 18.0 Å². The van der Waals surface area contributed by atoms with Crippen molar-refractivity contribution >= 4 is 39.4 Å². The quantitative estimate of drug-likeness (QED) is 0.104. The summed E-state index contributed by atoms with van der Waals surface area (Å²) >= 11 is 0. The normalized spacial score (nSPS) is 15.1. The summed E-state index contributed by atoms with van der Waals surface area (Å²) in [7, 11) is 4.78. The Bertz CT molecular complexity index is 877. The lowest BCUT2D eigenvalue weighted by Gasteiger charge is -2.23. The third-order valence-electron chi connectivity index (χ3n) is 4.66. The molecule has 0 saturated heterocycles. The predicted octanol–water partition coefficient (Wildman–Crippen LogP) is 6.47. The number of allylic oxidation sites excluding steroid dienone is 3. The second-order valence-electron chi connectivity index (χ2n) is 7.47. The van der Waals surface area contributed by atoms with Gasteiger partial charge in [-0.3, -0.25) is 9.89 Å². The van der Waals surface area contributed by atoms with Crippen LogP contribution >= 0.6 is 21.8 Å². The molecule has 1 atom stereocenters. The highest BCUT2D eigenvalue weighted by Crippen LogP contribution is 2.22. The molecule has 7 nitrogen and oxygen atoms in total. The number of nitrogens with zero attached hydrogens (tertiary/aromatic N) is 4. The van der Waals surface area contributed by atoms with Crippen molar-refractivity contribution in [3.63, 3.8) is 0 Å². The van der Waals surface area contributed by atoms with E-state index in [0.717, 1.165) is 23.3 Å². The molecule has 0 spiro atoms. The van der Waals surface area contributed by atoms with Gasteiger partial charge in [0.05, 0.1) is 6.10 Å². The van der Waals surface area contributed by atoms with E-state index in [1.807, 2.05) is 45.2 Å². The highest BCUT2D eigenvalue weighted by molar-refractivity contribution is 8.76. The maximum absolute atomic E-state index is 10.3. The minimum Gasteiger partial charge on any atom is -0.388 e. The third-order valence-corrected chi connectivity index (χ3v) is 5.87. The average Bonchev–Trinajstić information content (AvgIpc) is 3.74. The van der Waals surface area contributed by atoms with Gasteiger partial charge < -0.3 is 15.1 Å². The van der Waals surface area contributed by atoms with Gasteiger partial charge in [-0.2, -0.15) is 0 Å². The Morgan fingerprint density at radius 2 is 2.03 bits per heavy atom. The zero-order valence-corrected chi connectivity index (χ0v) is 23.0. The van der Waals surface area contributed by atoms with Gasteiger partial charge in [-0.25, -0.2) is 9.97 Å². The van der Waals surface area contributed by atoms with Gasteiger partial charge >= 0.3 is 0 Å². The molecular weight excluding hydrogens is 464 g/mol. The van der Waals surface area contributed by atoms with Crippen LogP contribution in [0, 0.1) is 0 Å². The Balaban J connectivity index is 0.00000177. The average molecular weight is 505 g/mol. The summed E-state index contributed by atoms with van der Waals surface area (Å²) in [6.07, 6.45) is 16.7. The second-order valence-corrected chi connectivity index (χ2v) is 9.67. The summed E-state index contributed by atoms with van der Waals surface area (Å²) in [5.41, 5.74) is 2.78. The first-order valence-corrected chi connectivity index (χ1v) is 14.2. The molecule has 0 aromatic carbocycles. The maximum Gasteiger partial charge on any atom is 0.208 e. The lowest BCUT2D eigenvalue weighted by molar-refractivity contribution is 0.210. The van der Waals surface area contributed by atoms with Gasteiger partial charge in [0.15, 0.2) is 0 Å². The first kappa shape index (κ1) is 29.8. The molecule has 0 amide bonds. The van der Waals surface area contributed by atoms with Gasteiger partial charge in [-0.05, 0) is 44.1 Å². The molecule has 1 saturated carbocycles. The Morgan fingerprint density at radius 3 is 2.53 bits per heavy atom. The first-order chi connectivity index (χ1) is 16.4. The number of hydrogen-bond donors (Lipinski definition) is 3. The summed E-state index contributed by atoms with van der Waals surface area (Å²) in [6.45, 7) is 11.9. The fourth-order valence-corrected chi connectivity index (χ4v) is 3.53. The molecule has 1 aromatic rings. The summed E-state index contributed by atoms with van der Waals surface area (Å²) < 4.78 is 3.15. The highest BCUT2D eigenvalue weighted by Gasteiger charge is 2.15. The molecule has 0 radical (unpaired) electrons. The number of rotatable bonds is 11. The summed E-state index contributed by atoms with van der Waals surface area (Å²) in [5, 5.41) is 13.7. The first-order valence-electron chi connectivity index (χ1n) is 11.6. The van der Waals surface area contributed by atoms with E-state index in [4.69, 9.17) is 0 Å². The SMILES string of the molecule is C1CC1.C=CN(C(=NC)NC(=C/C)/C(C)=C\C(=C/CC)C(O)CC)c1cc(NSSC)ncn1.